The van der Waals surface area contributed by atoms with Crippen molar-refractivity contribution in [2.45, 2.75) is 24.6 Å². The number of aryl methyl sites for hydroxylation is 1. The van der Waals surface area contributed by atoms with Crippen LogP contribution in [0.2, 0.25) is 5.02 Å². The molecule has 0 saturated carbocycles. The van der Waals surface area contributed by atoms with Gasteiger partial charge < -0.3 is 24.1 Å². The molecule has 4 aromatic rings. The van der Waals surface area contributed by atoms with Gasteiger partial charge in [-0.15, -0.1) is 0 Å². The highest BCUT2D eigenvalue weighted by atomic mass is 35.5. The van der Waals surface area contributed by atoms with Crippen molar-refractivity contribution < 1.29 is 42.1 Å². The largest absolute Gasteiger partial charge is 0.511 e. The number of benzene rings is 3. The standard InChI is InChI=1S/C26H21ClF3NO7/c1-13(25(35,26(28,29)30)16-6-9-20-19(12-16)31(2)23(32)37-20)17-7-4-14(10-18(17)27)15-5-8-21(38-24(33)34)22(11-15)36-3/h4-13,35H,1-3H3,(H,33,34). The van der Waals surface area contributed by atoms with E-state index in [1.807, 2.05) is 0 Å². The first-order valence-corrected chi connectivity index (χ1v) is 11.4. The number of oxazole rings is 1. The predicted molar refractivity (Wildman–Crippen MR) is 132 cm³/mol. The van der Waals surface area contributed by atoms with Crippen LogP contribution in [0.15, 0.2) is 63.8 Å². The third-order valence-electron chi connectivity index (χ3n) is 6.45. The quantitative estimate of drug-likeness (QED) is 0.221. The van der Waals surface area contributed by atoms with Crippen LogP contribution in [0.4, 0.5) is 18.0 Å². The summed E-state index contributed by atoms with van der Waals surface area (Å²) in [5.74, 6) is -2.23. The van der Waals surface area contributed by atoms with E-state index in [-0.39, 0.29) is 33.2 Å². The van der Waals surface area contributed by atoms with Crippen LogP contribution in [0, 0.1) is 0 Å². The summed E-state index contributed by atoms with van der Waals surface area (Å²) in [6, 6.07) is 12.0. The number of aliphatic hydroxyl groups is 1. The Kier molecular flexibility index (Phi) is 6.94. The summed E-state index contributed by atoms with van der Waals surface area (Å²) in [6.07, 6.45) is -6.64. The summed E-state index contributed by atoms with van der Waals surface area (Å²) in [6.45, 7) is 1.20. The maximum Gasteiger partial charge on any atom is 0.511 e. The van der Waals surface area contributed by atoms with Gasteiger partial charge in [-0.2, -0.15) is 13.2 Å². The normalized spacial score (nSPS) is 14.2. The molecule has 4 rings (SSSR count). The molecule has 0 saturated heterocycles. The number of aromatic nitrogens is 1. The summed E-state index contributed by atoms with van der Waals surface area (Å²) >= 11 is 6.44. The fourth-order valence-electron chi connectivity index (χ4n) is 4.33. The molecule has 0 radical (unpaired) electrons. The minimum absolute atomic E-state index is 0.0224. The molecule has 38 heavy (non-hydrogen) atoms. The molecule has 0 spiro atoms. The lowest BCUT2D eigenvalue weighted by Crippen LogP contribution is -2.46. The van der Waals surface area contributed by atoms with E-state index < -0.39 is 35.2 Å². The number of halogens is 4. The first-order valence-electron chi connectivity index (χ1n) is 11.1. The molecule has 2 unspecified atom stereocenters. The molecule has 0 amide bonds. The van der Waals surface area contributed by atoms with Crippen LogP contribution < -0.4 is 15.2 Å². The van der Waals surface area contributed by atoms with Crippen molar-refractivity contribution in [2.75, 3.05) is 7.11 Å². The average Bonchev–Trinajstić information content (AvgIpc) is 3.14. The summed E-state index contributed by atoms with van der Waals surface area (Å²) in [4.78, 5) is 22.7. The van der Waals surface area contributed by atoms with Crippen molar-refractivity contribution in [2.24, 2.45) is 7.05 Å². The molecule has 200 valence electrons. The Hall–Kier alpha value is -3.96. The molecule has 1 aromatic heterocycles. The van der Waals surface area contributed by atoms with E-state index in [1.54, 1.807) is 0 Å². The number of nitrogens with zero attached hydrogens (tertiary/aromatic N) is 1. The van der Waals surface area contributed by atoms with E-state index in [0.717, 1.165) is 16.7 Å². The van der Waals surface area contributed by atoms with Gasteiger partial charge in [0.15, 0.2) is 22.7 Å². The van der Waals surface area contributed by atoms with Crippen molar-refractivity contribution in [3.05, 3.63) is 81.3 Å². The van der Waals surface area contributed by atoms with Gasteiger partial charge in [0.25, 0.3) is 0 Å². The summed E-state index contributed by atoms with van der Waals surface area (Å²) < 4.78 is 59.3. The number of rotatable bonds is 6. The van der Waals surface area contributed by atoms with Crippen LogP contribution in [0.3, 0.4) is 0 Å². The molecule has 2 atom stereocenters. The van der Waals surface area contributed by atoms with Crippen molar-refractivity contribution >= 4 is 28.9 Å². The second kappa shape index (κ2) is 9.73. The van der Waals surface area contributed by atoms with Crippen LogP contribution in [0.5, 0.6) is 11.5 Å². The van der Waals surface area contributed by atoms with E-state index in [2.05, 4.69) is 4.74 Å². The number of methoxy groups -OCH3 is 1. The van der Waals surface area contributed by atoms with Gasteiger partial charge >= 0.3 is 18.1 Å². The molecule has 0 aliphatic rings. The van der Waals surface area contributed by atoms with Gasteiger partial charge in [0, 0.05) is 18.0 Å². The lowest BCUT2D eigenvalue weighted by Gasteiger charge is -2.37. The third kappa shape index (κ3) is 4.59. The predicted octanol–water partition coefficient (Wildman–Crippen LogP) is 6.07. The molecule has 12 heteroatoms. The Morgan fingerprint density at radius 2 is 1.71 bits per heavy atom. The van der Waals surface area contributed by atoms with Gasteiger partial charge in [-0.3, -0.25) is 4.57 Å². The number of carboxylic acid groups (broad SMARTS) is 1. The summed E-state index contributed by atoms with van der Waals surface area (Å²) in [5, 5.41) is 20.0. The van der Waals surface area contributed by atoms with Gasteiger partial charge in [-0.05, 0) is 52.6 Å². The Balaban J connectivity index is 1.77. The highest BCUT2D eigenvalue weighted by Crippen LogP contribution is 2.50. The van der Waals surface area contributed by atoms with Crippen LogP contribution in [0.1, 0.15) is 24.0 Å². The smallest absolute Gasteiger partial charge is 0.493 e. The van der Waals surface area contributed by atoms with Crippen molar-refractivity contribution in [3.8, 4) is 22.6 Å². The number of alkyl halides is 3. The zero-order valence-electron chi connectivity index (χ0n) is 20.2. The Morgan fingerprint density at radius 3 is 2.32 bits per heavy atom. The highest BCUT2D eigenvalue weighted by molar-refractivity contribution is 6.31. The van der Waals surface area contributed by atoms with E-state index >= 15 is 0 Å². The number of fused-ring (bicyclic) bond motifs is 1. The van der Waals surface area contributed by atoms with Crippen molar-refractivity contribution in [3.63, 3.8) is 0 Å². The molecule has 1 heterocycles. The maximum absolute atomic E-state index is 14.5. The monoisotopic (exact) mass is 551 g/mol. The molecule has 0 aliphatic carbocycles. The van der Waals surface area contributed by atoms with E-state index in [1.165, 1.54) is 63.5 Å². The average molecular weight is 552 g/mol. The Labute approximate surface area is 218 Å². The first-order chi connectivity index (χ1) is 17.8. The van der Waals surface area contributed by atoms with Crippen molar-refractivity contribution in [1.29, 1.82) is 0 Å². The zero-order valence-corrected chi connectivity index (χ0v) is 20.9. The number of carbonyl (C=O) groups is 1. The Morgan fingerprint density at radius 1 is 1.05 bits per heavy atom. The molecule has 2 N–H and O–H groups in total. The van der Waals surface area contributed by atoms with Gasteiger partial charge in [-0.1, -0.05) is 42.8 Å². The van der Waals surface area contributed by atoms with Crippen LogP contribution in [-0.2, 0) is 12.6 Å². The lowest BCUT2D eigenvalue weighted by atomic mass is 9.77. The van der Waals surface area contributed by atoms with Crippen LogP contribution >= 0.6 is 11.6 Å². The topological polar surface area (TPSA) is 111 Å². The van der Waals surface area contributed by atoms with E-state index in [9.17, 15) is 27.9 Å². The van der Waals surface area contributed by atoms with Crippen LogP contribution in [-0.4, -0.2) is 34.2 Å². The second-order valence-electron chi connectivity index (χ2n) is 8.57. The molecular formula is C26H21ClF3NO7. The third-order valence-corrected chi connectivity index (χ3v) is 6.78. The fraction of sp³-hybridized carbons (Fsp3) is 0.231. The van der Waals surface area contributed by atoms with Crippen molar-refractivity contribution in [1.82, 2.24) is 4.57 Å². The SMILES string of the molecule is COc1cc(-c2ccc(C(C)C(O)(c3ccc4oc(=O)n(C)c4c3)C(F)(F)F)c(Cl)c2)ccc1OC(=O)O. The highest BCUT2D eigenvalue weighted by Gasteiger charge is 2.59. The van der Waals surface area contributed by atoms with Gasteiger partial charge in [0.1, 0.15) is 0 Å². The van der Waals surface area contributed by atoms with E-state index in [0.29, 0.717) is 11.1 Å². The van der Waals surface area contributed by atoms with Gasteiger partial charge in [-0.25, -0.2) is 9.59 Å². The minimum Gasteiger partial charge on any atom is -0.493 e. The second-order valence-corrected chi connectivity index (χ2v) is 8.97. The fourth-order valence-corrected chi connectivity index (χ4v) is 4.68. The zero-order chi connectivity index (χ0) is 28.0. The molecule has 3 aromatic carbocycles. The minimum atomic E-state index is -5.11. The Bertz CT molecular complexity index is 1590. The molecule has 0 fully saturated rings. The maximum atomic E-state index is 14.5. The first kappa shape index (κ1) is 27.1. The number of ether oxygens (including phenoxy) is 2. The van der Waals surface area contributed by atoms with Gasteiger partial charge in [0.05, 0.1) is 12.6 Å². The number of hydrogen-bond donors (Lipinski definition) is 2. The molecular weight excluding hydrogens is 531 g/mol. The summed E-state index contributed by atoms with van der Waals surface area (Å²) in [7, 11) is 2.67. The van der Waals surface area contributed by atoms with E-state index in [4.69, 9.17) is 25.9 Å². The number of hydrogen-bond acceptors (Lipinski definition) is 6. The van der Waals surface area contributed by atoms with Crippen LogP contribution in [0.25, 0.3) is 22.2 Å². The molecule has 0 aliphatic heterocycles. The summed E-state index contributed by atoms with van der Waals surface area (Å²) in [5.41, 5.74) is -2.63. The molecule has 0 bridgehead atoms. The van der Waals surface area contributed by atoms with Gasteiger partial charge in [0.2, 0.25) is 0 Å². The molecule has 8 nitrogen and oxygen atoms in total. The lowest BCUT2D eigenvalue weighted by molar-refractivity contribution is -0.274.